The Labute approximate surface area is 135 Å². The normalized spacial score (nSPS) is 15.0. The van der Waals surface area contributed by atoms with Gasteiger partial charge in [0.2, 0.25) is 5.91 Å². The lowest BCUT2D eigenvalue weighted by Gasteiger charge is -2.16. The zero-order valence-corrected chi connectivity index (χ0v) is 12.9. The van der Waals surface area contributed by atoms with Gasteiger partial charge in [-0.25, -0.2) is 4.39 Å². The summed E-state index contributed by atoms with van der Waals surface area (Å²) in [6.45, 7) is 0.961. The summed E-state index contributed by atoms with van der Waals surface area (Å²) in [5.74, 6) is 0.252. The van der Waals surface area contributed by atoms with Crippen LogP contribution < -0.4 is 10.1 Å². The van der Waals surface area contributed by atoms with Crippen LogP contribution in [0.3, 0.4) is 0 Å². The van der Waals surface area contributed by atoms with E-state index in [1.165, 1.54) is 17.7 Å². The van der Waals surface area contributed by atoms with Crippen LogP contribution in [0.1, 0.15) is 24.8 Å². The molecule has 0 heterocycles. The number of halogens is 1. The van der Waals surface area contributed by atoms with Crippen molar-refractivity contribution in [3.63, 3.8) is 0 Å². The van der Waals surface area contributed by atoms with E-state index in [0.717, 1.165) is 12.8 Å². The first-order chi connectivity index (χ1) is 11.2. The molecule has 23 heavy (non-hydrogen) atoms. The maximum Gasteiger partial charge on any atom is 0.223 e. The minimum Gasteiger partial charge on any atom is -0.493 e. The fourth-order valence-electron chi connectivity index (χ4n) is 2.66. The number of hydrogen-bond acceptors (Lipinski definition) is 2. The van der Waals surface area contributed by atoms with E-state index in [-0.39, 0.29) is 23.7 Å². The van der Waals surface area contributed by atoms with Crippen LogP contribution in [0, 0.1) is 5.82 Å². The molecule has 0 saturated heterocycles. The summed E-state index contributed by atoms with van der Waals surface area (Å²) >= 11 is 0. The molecule has 1 aliphatic carbocycles. The second-order valence-corrected chi connectivity index (χ2v) is 5.98. The molecular formula is C19H20FNO2. The van der Waals surface area contributed by atoms with Gasteiger partial charge in [0.05, 0.1) is 13.0 Å². The number of ether oxygens (including phenoxy) is 1. The van der Waals surface area contributed by atoms with Crippen molar-refractivity contribution in [1.29, 1.82) is 0 Å². The maximum absolute atomic E-state index is 12.8. The lowest BCUT2D eigenvalue weighted by Crippen LogP contribution is -2.32. The molecule has 1 N–H and O–H groups in total. The average Bonchev–Trinajstić information content (AvgIpc) is 3.37. The van der Waals surface area contributed by atoms with Gasteiger partial charge in [0.25, 0.3) is 0 Å². The summed E-state index contributed by atoms with van der Waals surface area (Å²) in [6.07, 6.45) is 2.52. The number of carbonyl (C=O) groups is 1. The van der Waals surface area contributed by atoms with Crippen molar-refractivity contribution in [1.82, 2.24) is 5.32 Å². The van der Waals surface area contributed by atoms with Crippen molar-refractivity contribution in [2.24, 2.45) is 0 Å². The molecule has 1 amide bonds. The Kier molecular flexibility index (Phi) is 4.60. The van der Waals surface area contributed by atoms with E-state index in [1.807, 2.05) is 18.2 Å². The molecule has 3 rings (SSSR count). The van der Waals surface area contributed by atoms with Crippen molar-refractivity contribution < 1.29 is 13.9 Å². The van der Waals surface area contributed by atoms with E-state index >= 15 is 0 Å². The molecular weight excluding hydrogens is 293 g/mol. The third-order valence-electron chi connectivity index (χ3n) is 4.28. The molecule has 0 aromatic heterocycles. The summed E-state index contributed by atoms with van der Waals surface area (Å²) < 4.78 is 18.2. The highest BCUT2D eigenvalue weighted by Crippen LogP contribution is 2.47. The van der Waals surface area contributed by atoms with Crippen molar-refractivity contribution >= 4 is 5.91 Å². The average molecular weight is 313 g/mol. The second-order valence-electron chi connectivity index (χ2n) is 5.98. The highest BCUT2D eigenvalue weighted by atomic mass is 19.1. The predicted octanol–water partition coefficient (Wildman–Crippen LogP) is 3.44. The topological polar surface area (TPSA) is 38.3 Å². The van der Waals surface area contributed by atoms with Crippen LogP contribution in [0.4, 0.5) is 4.39 Å². The van der Waals surface area contributed by atoms with Crippen LogP contribution >= 0.6 is 0 Å². The van der Waals surface area contributed by atoms with Gasteiger partial charge in [-0.2, -0.15) is 0 Å². The van der Waals surface area contributed by atoms with E-state index < -0.39 is 0 Å². The molecule has 2 aromatic carbocycles. The largest absolute Gasteiger partial charge is 0.493 e. The van der Waals surface area contributed by atoms with Crippen LogP contribution in [0.5, 0.6) is 5.75 Å². The molecule has 0 aliphatic heterocycles. The molecule has 4 heteroatoms. The van der Waals surface area contributed by atoms with E-state index in [2.05, 4.69) is 17.4 Å². The number of carbonyl (C=O) groups excluding carboxylic acids is 1. The molecule has 1 aliphatic rings. The molecule has 120 valence electrons. The molecule has 0 spiro atoms. The molecule has 0 radical (unpaired) electrons. The number of benzene rings is 2. The summed E-state index contributed by atoms with van der Waals surface area (Å²) in [6, 6.07) is 16.1. The summed E-state index contributed by atoms with van der Waals surface area (Å²) in [5.41, 5.74) is 1.41. The predicted molar refractivity (Wildman–Crippen MR) is 86.9 cm³/mol. The quantitative estimate of drug-likeness (QED) is 0.850. The Morgan fingerprint density at radius 2 is 1.78 bits per heavy atom. The minimum atomic E-state index is -0.300. The zero-order chi connectivity index (χ0) is 16.1. The van der Waals surface area contributed by atoms with Gasteiger partial charge < -0.3 is 10.1 Å². The Balaban J connectivity index is 1.41. The van der Waals surface area contributed by atoms with Crippen LogP contribution in [0.2, 0.25) is 0 Å². The fourth-order valence-corrected chi connectivity index (χ4v) is 2.66. The Morgan fingerprint density at radius 3 is 2.43 bits per heavy atom. The van der Waals surface area contributed by atoms with Gasteiger partial charge in [0, 0.05) is 12.0 Å². The van der Waals surface area contributed by atoms with Gasteiger partial charge in [0.15, 0.2) is 0 Å². The Morgan fingerprint density at radius 1 is 1.09 bits per heavy atom. The summed E-state index contributed by atoms with van der Waals surface area (Å²) in [7, 11) is 0. The first kappa shape index (κ1) is 15.5. The van der Waals surface area contributed by atoms with Gasteiger partial charge in [-0.3, -0.25) is 4.79 Å². The van der Waals surface area contributed by atoms with E-state index in [1.54, 1.807) is 12.1 Å². The SMILES string of the molecule is O=C(CCOc1ccc(F)cc1)NCC1(c2ccccc2)CC1. The third kappa shape index (κ3) is 4.09. The first-order valence-corrected chi connectivity index (χ1v) is 7.89. The van der Waals surface area contributed by atoms with Gasteiger partial charge in [-0.05, 0) is 42.7 Å². The third-order valence-corrected chi connectivity index (χ3v) is 4.28. The fraction of sp³-hybridized carbons (Fsp3) is 0.316. The maximum atomic E-state index is 12.8. The lowest BCUT2D eigenvalue weighted by molar-refractivity contribution is -0.121. The molecule has 0 unspecified atom stereocenters. The summed E-state index contributed by atoms with van der Waals surface area (Å²) in [5, 5.41) is 3.00. The van der Waals surface area contributed by atoms with Crippen LogP contribution in [0.15, 0.2) is 54.6 Å². The molecule has 0 bridgehead atoms. The lowest BCUT2D eigenvalue weighted by atomic mass is 9.96. The van der Waals surface area contributed by atoms with E-state index in [4.69, 9.17) is 4.74 Å². The zero-order valence-electron chi connectivity index (χ0n) is 12.9. The molecule has 3 nitrogen and oxygen atoms in total. The van der Waals surface area contributed by atoms with E-state index in [0.29, 0.717) is 18.7 Å². The van der Waals surface area contributed by atoms with Crippen molar-refractivity contribution in [2.75, 3.05) is 13.2 Å². The van der Waals surface area contributed by atoms with Gasteiger partial charge in [-0.15, -0.1) is 0 Å². The molecule has 2 aromatic rings. The monoisotopic (exact) mass is 313 g/mol. The number of rotatable bonds is 7. The van der Waals surface area contributed by atoms with Gasteiger partial charge >= 0.3 is 0 Å². The van der Waals surface area contributed by atoms with Crippen LogP contribution in [-0.4, -0.2) is 19.1 Å². The smallest absolute Gasteiger partial charge is 0.223 e. The number of amides is 1. The first-order valence-electron chi connectivity index (χ1n) is 7.89. The standard InChI is InChI=1S/C19H20FNO2/c20-16-6-8-17(9-7-16)23-13-10-18(22)21-14-19(11-12-19)15-4-2-1-3-5-15/h1-9H,10-14H2,(H,21,22). The number of hydrogen-bond donors (Lipinski definition) is 1. The second kappa shape index (κ2) is 6.82. The minimum absolute atomic E-state index is 0.0192. The Hall–Kier alpha value is -2.36. The van der Waals surface area contributed by atoms with Gasteiger partial charge in [-0.1, -0.05) is 30.3 Å². The molecule has 1 saturated carbocycles. The van der Waals surface area contributed by atoms with Crippen LogP contribution in [0.25, 0.3) is 0 Å². The molecule has 1 fully saturated rings. The van der Waals surface area contributed by atoms with Crippen molar-refractivity contribution in [3.05, 3.63) is 66.0 Å². The highest BCUT2D eigenvalue weighted by molar-refractivity contribution is 5.76. The van der Waals surface area contributed by atoms with Crippen molar-refractivity contribution in [2.45, 2.75) is 24.7 Å². The molecule has 0 atom stereocenters. The van der Waals surface area contributed by atoms with E-state index in [9.17, 15) is 9.18 Å². The van der Waals surface area contributed by atoms with Gasteiger partial charge in [0.1, 0.15) is 11.6 Å². The highest BCUT2D eigenvalue weighted by Gasteiger charge is 2.44. The Bertz CT molecular complexity index is 651. The van der Waals surface area contributed by atoms with Crippen molar-refractivity contribution in [3.8, 4) is 5.75 Å². The van der Waals surface area contributed by atoms with Crippen LogP contribution in [-0.2, 0) is 10.2 Å². The number of nitrogens with one attached hydrogen (secondary N) is 1. The summed E-state index contributed by atoms with van der Waals surface area (Å²) in [4.78, 5) is 11.9.